The summed E-state index contributed by atoms with van der Waals surface area (Å²) in [5, 5.41) is 11.0. The molecule has 2 aromatic carbocycles. The summed E-state index contributed by atoms with van der Waals surface area (Å²) in [5.41, 5.74) is 9.85. The predicted molar refractivity (Wildman–Crippen MR) is 110 cm³/mol. The van der Waals surface area contributed by atoms with Crippen LogP contribution in [0.4, 0.5) is 0 Å². The number of aryl methyl sites for hydroxylation is 2. The van der Waals surface area contributed by atoms with Crippen LogP contribution < -0.4 is 0 Å². The first-order chi connectivity index (χ1) is 13.3. The number of aromatic nitrogens is 4. The molecule has 4 heteroatoms. The minimum atomic E-state index is 1.07. The first-order valence-electron chi connectivity index (χ1n) is 9.65. The highest BCUT2D eigenvalue weighted by Gasteiger charge is 2.21. The van der Waals surface area contributed by atoms with E-state index in [0.717, 1.165) is 35.0 Å². The van der Waals surface area contributed by atoms with Gasteiger partial charge in [0, 0.05) is 32.9 Å². The fourth-order valence-corrected chi connectivity index (χ4v) is 4.70. The topological polar surface area (TPSA) is 57.4 Å². The van der Waals surface area contributed by atoms with Crippen LogP contribution in [0.5, 0.6) is 0 Å². The lowest BCUT2D eigenvalue weighted by molar-refractivity contribution is 0.689. The van der Waals surface area contributed by atoms with Crippen LogP contribution in [-0.4, -0.2) is 20.2 Å². The highest BCUT2D eigenvalue weighted by atomic mass is 15.1. The molecule has 6 rings (SSSR count). The van der Waals surface area contributed by atoms with E-state index in [0.29, 0.717) is 0 Å². The second-order valence-electron chi connectivity index (χ2n) is 7.67. The number of benzene rings is 2. The molecular formula is C23H20N4. The Hall–Kier alpha value is -3.14. The van der Waals surface area contributed by atoms with E-state index in [1.807, 2.05) is 6.20 Å². The quantitative estimate of drug-likeness (QED) is 0.422. The maximum absolute atomic E-state index is 5.16. The summed E-state index contributed by atoms with van der Waals surface area (Å²) in [6.45, 7) is 2.13. The Labute approximate surface area is 156 Å². The van der Waals surface area contributed by atoms with Crippen LogP contribution in [0.25, 0.3) is 44.0 Å². The molecule has 0 saturated carbocycles. The molecule has 5 aromatic rings. The SMILES string of the molecule is Cc1cc2c(ccc3nc(-c4ccc5[nH]ncc5c4)c4c(c32)CCCC4)[nH]1. The van der Waals surface area contributed by atoms with E-state index in [1.165, 1.54) is 51.5 Å². The molecule has 0 fully saturated rings. The molecule has 2 N–H and O–H groups in total. The van der Waals surface area contributed by atoms with Crippen molar-refractivity contribution in [3.8, 4) is 11.3 Å². The lowest BCUT2D eigenvalue weighted by atomic mass is 9.85. The number of fused-ring (bicyclic) bond motifs is 6. The summed E-state index contributed by atoms with van der Waals surface area (Å²) >= 11 is 0. The number of H-pyrrole nitrogens is 2. The van der Waals surface area contributed by atoms with Crippen molar-refractivity contribution in [1.29, 1.82) is 0 Å². The zero-order valence-electron chi connectivity index (χ0n) is 15.3. The van der Waals surface area contributed by atoms with Gasteiger partial charge in [0.2, 0.25) is 0 Å². The Kier molecular flexibility index (Phi) is 3.01. The van der Waals surface area contributed by atoms with Gasteiger partial charge >= 0.3 is 0 Å². The molecule has 0 amide bonds. The van der Waals surface area contributed by atoms with E-state index >= 15 is 0 Å². The largest absolute Gasteiger partial charge is 0.359 e. The highest BCUT2D eigenvalue weighted by molar-refractivity contribution is 6.08. The summed E-state index contributed by atoms with van der Waals surface area (Å²) in [4.78, 5) is 8.65. The van der Waals surface area contributed by atoms with E-state index in [2.05, 4.69) is 58.5 Å². The minimum absolute atomic E-state index is 1.07. The van der Waals surface area contributed by atoms with Crippen LogP contribution in [0, 0.1) is 6.92 Å². The summed E-state index contributed by atoms with van der Waals surface area (Å²) in [6.07, 6.45) is 6.63. The number of hydrogen-bond donors (Lipinski definition) is 2. The number of hydrogen-bond acceptors (Lipinski definition) is 2. The zero-order chi connectivity index (χ0) is 18.0. The molecule has 0 aliphatic heterocycles. The lowest BCUT2D eigenvalue weighted by Crippen LogP contribution is -2.07. The number of pyridine rings is 1. The second-order valence-corrected chi connectivity index (χ2v) is 7.67. The molecular weight excluding hydrogens is 332 g/mol. The lowest BCUT2D eigenvalue weighted by Gasteiger charge is -2.22. The molecule has 1 aliphatic rings. The number of aromatic amines is 2. The number of nitrogens with one attached hydrogen (secondary N) is 2. The van der Waals surface area contributed by atoms with Gasteiger partial charge in [-0.3, -0.25) is 5.10 Å². The Balaban J connectivity index is 1.71. The summed E-state index contributed by atoms with van der Waals surface area (Å²) in [7, 11) is 0. The standard InChI is InChI=1S/C23H20N4/c1-13-10-18-20(25-13)8-9-21-22(18)16-4-2-3-5-17(16)23(26-21)14-6-7-19-15(11-14)12-24-27-19/h6-12,25H,2-5H2,1H3,(H,24,27). The average Bonchev–Trinajstić information content (AvgIpc) is 3.31. The first kappa shape index (κ1) is 15.0. The molecule has 0 spiro atoms. The van der Waals surface area contributed by atoms with Gasteiger partial charge < -0.3 is 4.98 Å². The molecule has 4 nitrogen and oxygen atoms in total. The monoisotopic (exact) mass is 352 g/mol. The normalized spacial score (nSPS) is 14.3. The van der Waals surface area contributed by atoms with Gasteiger partial charge in [-0.1, -0.05) is 6.07 Å². The molecule has 0 bridgehead atoms. The van der Waals surface area contributed by atoms with Gasteiger partial charge in [-0.15, -0.1) is 0 Å². The van der Waals surface area contributed by atoms with Crippen molar-refractivity contribution in [2.24, 2.45) is 0 Å². The fourth-order valence-electron chi connectivity index (χ4n) is 4.70. The van der Waals surface area contributed by atoms with Crippen LogP contribution >= 0.6 is 0 Å². The van der Waals surface area contributed by atoms with Crippen molar-refractivity contribution in [2.75, 3.05) is 0 Å². The van der Waals surface area contributed by atoms with Gasteiger partial charge in [-0.2, -0.15) is 5.10 Å². The third kappa shape index (κ3) is 2.16. The Morgan fingerprint density at radius 1 is 0.926 bits per heavy atom. The van der Waals surface area contributed by atoms with E-state index < -0.39 is 0 Å². The highest BCUT2D eigenvalue weighted by Crippen LogP contribution is 2.38. The number of rotatable bonds is 1. The molecule has 1 aliphatic carbocycles. The van der Waals surface area contributed by atoms with Crippen molar-refractivity contribution in [2.45, 2.75) is 32.6 Å². The van der Waals surface area contributed by atoms with Crippen LogP contribution in [0.1, 0.15) is 29.7 Å². The zero-order valence-corrected chi connectivity index (χ0v) is 15.3. The van der Waals surface area contributed by atoms with Gasteiger partial charge in [-0.25, -0.2) is 4.98 Å². The van der Waals surface area contributed by atoms with E-state index in [1.54, 1.807) is 0 Å². The molecule has 3 heterocycles. The smallest absolute Gasteiger partial charge is 0.0744 e. The predicted octanol–water partition coefficient (Wildman–Crippen LogP) is 5.45. The average molecular weight is 352 g/mol. The summed E-state index contributed by atoms with van der Waals surface area (Å²) < 4.78 is 0. The van der Waals surface area contributed by atoms with Crippen molar-refractivity contribution in [1.82, 2.24) is 20.2 Å². The Bertz CT molecular complexity index is 1340. The molecule has 0 saturated heterocycles. The third-order valence-corrected chi connectivity index (χ3v) is 5.92. The van der Waals surface area contributed by atoms with Crippen molar-refractivity contribution in [3.63, 3.8) is 0 Å². The molecule has 27 heavy (non-hydrogen) atoms. The van der Waals surface area contributed by atoms with Gasteiger partial charge in [0.05, 0.1) is 22.9 Å². The Morgan fingerprint density at radius 2 is 1.78 bits per heavy atom. The van der Waals surface area contributed by atoms with E-state index in [4.69, 9.17) is 4.98 Å². The van der Waals surface area contributed by atoms with Crippen molar-refractivity contribution >= 4 is 32.7 Å². The summed E-state index contributed by atoms with van der Waals surface area (Å²) in [5.74, 6) is 0. The molecule has 0 radical (unpaired) electrons. The van der Waals surface area contributed by atoms with Crippen molar-refractivity contribution in [3.05, 3.63) is 59.4 Å². The fraction of sp³-hybridized carbons (Fsp3) is 0.217. The van der Waals surface area contributed by atoms with Crippen LogP contribution in [0.15, 0.2) is 42.6 Å². The van der Waals surface area contributed by atoms with Crippen molar-refractivity contribution < 1.29 is 0 Å². The summed E-state index contributed by atoms with van der Waals surface area (Å²) in [6, 6.07) is 13.1. The maximum Gasteiger partial charge on any atom is 0.0744 e. The van der Waals surface area contributed by atoms with Gasteiger partial charge in [-0.05, 0) is 74.1 Å². The minimum Gasteiger partial charge on any atom is -0.359 e. The first-order valence-corrected chi connectivity index (χ1v) is 9.65. The molecule has 0 atom stereocenters. The Morgan fingerprint density at radius 3 is 2.70 bits per heavy atom. The molecule has 3 aromatic heterocycles. The van der Waals surface area contributed by atoms with Gasteiger partial charge in [0.15, 0.2) is 0 Å². The maximum atomic E-state index is 5.16. The van der Waals surface area contributed by atoms with Gasteiger partial charge in [0.25, 0.3) is 0 Å². The number of nitrogens with zero attached hydrogens (tertiary/aromatic N) is 2. The molecule has 132 valence electrons. The van der Waals surface area contributed by atoms with Crippen LogP contribution in [0.2, 0.25) is 0 Å². The van der Waals surface area contributed by atoms with E-state index in [-0.39, 0.29) is 0 Å². The van der Waals surface area contributed by atoms with Crippen LogP contribution in [-0.2, 0) is 12.8 Å². The van der Waals surface area contributed by atoms with Gasteiger partial charge in [0.1, 0.15) is 0 Å². The van der Waals surface area contributed by atoms with E-state index in [9.17, 15) is 0 Å². The third-order valence-electron chi connectivity index (χ3n) is 5.92. The van der Waals surface area contributed by atoms with Crippen LogP contribution in [0.3, 0.4) is 0 Å². The molecule has 0 unspecified atom stereocenters. The second kappa shape index (κ2) is 5.43.